The normalized spacial score (nSPS) is 20.5. The molecule has 0 aliphatic carbocycles. The Balaban J connectivity index is 0.00000176. The van der Waals surface area contributed by atoms with Crippen LogP contribution in [-0.4, -0.2) is 37.0 Å². The van der Waals surface area contributed by atoms with Crippen molar-refractivity contribution in [1.82, 2.24) is 10.2 Å². The van der Waals surface area contributed by atoms with E-state index in [9.17, 15) is 9.18 Å². The molecule has 2 aliphatic rings. The Bertz CT molecular complexity index is 537. The second-order valence-electron chi connectivity index (χ2n) is 6.17. The minimum Gasteiger partial charge on any atom is -0.339 e. The SMILES string of the molecule is Cl.O=C(c1ccc(F)cc1Cl)N1CCC2(CCNCC2)CC1. The van der Waals surface area contributed by atoms with Gasteiger partial charge in [0.15, 0.2) is 0 Å². The molecule has 3 rings (SSSR count). The average molecular weight is 347 g/mol. The molecule has 2 fully saturated rings. The van der Waals surface area contributed by atoms with Crippen molar-refractivity contribution in [3.63, 3.8) is 0 Å². The van der Waals surface area contributed by atoms with Gasteiger partial charge in [-0.05, 0) is 62.4 Å². The molecule has 1 N–H and O–H groups in total. The number of amides is 1. The molecule has 0 radical (unpaired) electrons. The summed E-state index contributed by atoms with van der Waals surface area (Å²) in [5.41, 5.74) is 0.813. The van der Waals surface area contributed by atoms with Gasteiger partial charge in [-0.25, -0.2) is 4.39 Å². The molecular weight excluding hydrogens is 326 g/mol. The minimum atomic E-state index is -0.413. The number of piperidine rings is 2. The van der Waals surface area contributed by atoms with E-state index in [1.807, 2.05) is 4.90 Å². The van der Waals surface area contributed by atoms with Crippen LogP contribution in [0.25, 0.3) is 0 Å². The molecule has 22 heavy (non-hydrogen) atoms. The standard InChI is InChI=1S/C16H20ClFN2O.ClH/c17-14-11-12(18)1-2-13(14)15(21)20-9-5-16(6-10-20)3-7-19-8-4-16;/h1-2,11,19H,3-10H2;1H. The Hall–Kier alpha value is -0.840. The number of hydrogen-bond donors (Lipinski definition) is 1. The Morgan fingerprint density at radius 3 is 2.41 bits per heavy atom. The van der Waals surface area contributed by atoms with Crippen molar-refractivity contribution in [3.05, 3.63) is 34.6 Å². The van der Waals surface area contributed by atoms with Crippen LogP contribution in [0.2, 0.25) is 5.02 Å². The highest BCUT2D eigenvalue weighted by molar-refractivity contribution is 6.33. The predicted octanol–water partition coefficient (Wildman–Crippen LogP) is 3.51. The lowest BCUT2D eigenvalue weighted by Gasteiger charge is -2.44. The third-order valence-electron chi connectivity index (χ3n) is 4.94. The number of carbonyl (C=O) groups is 1. The molecule has 1 spiro atoms. The van der Waals surface area contributed by atoms with Gasteiger partial charge in [-0.1, -0.05) is 11.6 Å². The van der Waals surface area contributed by atoms with Gasteiger partial charge in [-0.2, -0.15) is 0 Å². The van der Waals surface area contributed by atoms with Crippen LogP contribution in [-0.2, 0) is 0 Å². The quantitative estimate of drug-likeness (QED) is 0.843. The number of carbonyl (C=O) groups excluding carboxylic acids is 1. The summed E-state index contributed by atoms with van der Waals surface area (Å²) >= 11 is 5.99. The van der Waals surface area contributed by atoms with Crippen LogP contribution < -0.4 is 5.32 Å². The zero-order valence-electron chi connectivity index (χ0n) is 12.4. The van der Waals surface area contributed by atoms with Crippen molar-refractivity contribution in [2.75, 3.05) is 26.2 Å². The van der Waals surface area contributed by atoms with E-state index in [1.165, 1.54) is 31.0 Å². The molecule has 0 atom stereocenters. The van der Waals surface area contributed by atoms with Gasteiger partial charge in [0.2, 0.25) is 0 Å². The van der Waals surface area contributed by atoms with Gasteiger partial charge in [0.1, 0.15) is 5.82 Å². The fourth-order valence-electron chi connectivity index (χ4n) is 3.47. The molecule has 1 amide bonds. The van der Waals surface area contributed by atoms with E-state index in [1.54, 1.807) is 0 Å². The lowest BCUT2D eigenvalue weighted by atomic mass is 9.71. The second-order valence-corrected chi connectivity index (χ2v) is 6.57. The van der Waals surface area contributed by atoms with Gasteiger partial charge in [0, 0.05) is 13.1 Å². The summed E-state index contributed by atoms with van der Waals surface area (Å²) < 4.78 is 13.1. The lowest BCUT2D eigenvalue weighted by molar-refractivity contribution is 0.0496. The second kappa shape index (κ2) is 7.16. The van der Waals surface area contributed by atoms with Crippen molar-refractivity contribution in [3.8, 4) is 0 Å². The summed E-state index contributed by atoms with van der Waals surface area (Å²) in [6.45, 7) is 3.70. The van der Waals surface area contributed by atoms with E-state index in [2.05, 4.69) is 5.32 Å². The number of benzene rings is 1. The van der Waals surface area contributed by atoms with E-state index in [4.69, 9.17) is 11.6 Å². The van der Waals surface area contributed by atoms with Crippen LogP contribution in [0.4, 0.5) is 4.39 Å². The fraction of sp³-hybridized carbons (Fsp3) is 0.562. The van der Waals surface area contributed by atoms with Gasteiger partial charge < -0.3 is 10.2 Å². The van der Waals surface area contributed by atoms with Crippen LogP contribution in [0, 0.1) is 11.2 Å². The highest BCUT2D eigenvalue weighted by Crippen LogP contribution is 2.39. The van der Waals surface area contributed by atoms with Crippen LogP contribution >= 0.6 is 24.0 Å². The van der Waals surface area contributed by atoms with E-state index in [0.29, 0.717) is 11.0 Å². The van der Waals surface area contributed by atoms with Crippen molar-refractivity contribution in [2.24, 2.45) is 5.41 Å². The molecule has 3 nitrogen and oxygen atoms in total. The molecule has 1 aromatic carbocycles. The molecule has 0 bridgehead atoms. The third kappa shape index (κ3) is 3.55. The van der Waals surface area contributed by atoms with Crippen LogP contribution in [0.1, 0.15) is 36.0 Å². The smallest absolute Gasteiger partial charge is 0.255 e. The zero-order valence-corrected chi connectivity index (χ0v) is 14.0. The van der Waals surface area contributed by atoms with Gasteiger partial charge in [0.05, 0.1) is 10.6 Å². The van der Waals surface area contributed by atoms with E-state index < -0.39 is 5.82 Å². The van der Waals surface area contributed by atoms with Gasteiger partial charge in [0.25, 0.3) is 5.91 Å². The zero-order chi connectivity index (χ0) is 14.9. The van der Waals surface area contributed by atoms with Crippen molar-refractivity contribution in [1.29, 1.82) is 0 Å². The first kappa shape index (κ1) is 17.5. The minimum absolute atomic E-state index is 0. The average Bonchev–Trinajstić information content (AvgIpc) is 2.48. The molecule has 2 saturated heterocycles. The van der Waals surface area contributed by atoms with E-state index in [-0.39, 0.29) is 23.3 Å². The molecule has 2 aliphatic heterocycles. The van der Waals surface area contributed by atoms with Crippen LogP contribution in [0.5, 0.6) is 0 Å². The summed E-state index contributed by atoms with van der Waals surface area (Å²) in [7, 11) is 0. The monoisotopic (exact) mass is 346 g/mol. The summed E-state index contributed by atoms with van der Waals surface area (Å²) in [4.78, 5) is 14.4. The van der Waals surface area contributed by atoms with Crippen molar-refractivity contribution < 1.29 is 9.18 Å². The molecule has 1 aromatic rings. The first-order valence-corrected chi connectivity index (χ1v) is 7.93. The number of halogens is 3. The van der Waals surface area contributed by atoms with Gasteiger partial charge >= 0.3 is 0 Å². The Labute approximate surface area is 141 Å². The first-order valence-electron chi connectivity index (χ1n) is 7.55. The molecule has 0 unspecified atom stereocenters. The number of rotatable bonds is 1. The van der Waals surface area contributed by atoms with E-state index >= 15 is 0 Å². The summed E-state index contributed by atoms with van der Waals surface area (Å²) in [5.74, 6) is -0.493. The molecule has 0 saturated carbocycles. The maximum atomic E-state index is 13.1. The largest absolute Gasteiger partial charge is 0.339 e. The third-order valence-corrected chi connectivity index (χ3v) is 5.25. The Kier molecular flexibility index (Phi) is 5.70. The lowest BCUT2D eigenvalue weighted by Crippen LogP contribution is -2.47. The summed E-state index contributed by atoms with van der Waals surface area (Å²) in [6.07, 6.45) is 4.51. The Morgan fingerprint density at radius 2 is 1.82 bits per heavy atom. The first-order chi connectivity index (χ1) is 10.1. The van der Waals surface area contributed by atoms with Crippen LogP contribution in [0.3, 0.4) is 0 Å². The molecule has 2 heterocycles. The Morgan fingerprint density at radius 1 is 1.18 bits per heavy atom. The number of nitrogens with one attached hydrogen (secondary N) is 1. The van der Waals surface area contributed by atoms with Crippen molar-refractivity contribution in [2.45, 2.75) is 25.7 Å². The number of likely N-dealkylation sites (tertiary alicyclic amines) is 1. The summed E-state index contributed by atoms with van der Waals surface area (Å²) in [5, 5.41) is 3.59. The van der Waals surface area contributed by atoms with Gasteiger partial charge in [-0.15, -0.1) is 12.4 Å². The topological polar surface area (TPSA) is 32.3 Å². The maximum absolute atomic E-state index is 13.1. The molecule has 122 valence electrons. The van der Waals surface area contributed by atoms with Crippen molar-refractivity contribution >= 4 is 29.9 Å². The number of nitrogens with zero attached hydrogens (tertiary/aromatic N) is 1. The maximum Gasteiger partial charge on any atom is 0.255 e. The fourth-order valence-corrected chi connectivity index (χ4v) is 3.72. The highest BCUT2D eigenvalue weighted by Gasteiger charge is 2.37. The van der Waals surface area contributed by atoms with Gasteiger partial charge in [-0.3, -0.25) is 4.79 Å². The highest BCUT2D eigenvalue weighted by atomic mass is 35.5. The van der Waals surface area contributed by atoms with E-state index in [0.717, 1.165) is 39.0 Å². The molecule has 6 heteroatoms. The molecule has 0 aromatic heterocycles. The summed E-state index contributed by atoms with van der Waals surface area (Å²) in [6, 6.07) is 3.97. The predicted molar refractivity (Wildman–Crippen MR) is 88.3 cm³/mol. The molecular formula is C16H21Cl2FN2O. The van der Waals surface area contributed by atoms with Crippen LogP contribution in [0.15, 0.2) is 18.2 Å². The number of hydrogen-bond acceptors (Lipinski definition) is 2.